The number of nitrogens with one attached hydrogen (secondary N) is 1. The molecule has 29 heavy (non-hydrogen) atoms. The maximum Gasteiger partial charge on any atom is 0.250 e. The van der Waals surface area contributed by atoms with Crippen LogP contribution >= 0.6 is 39.0 Å². The molecule has 1 heterocycles. The first-order valence-corrected chi connectivity index (χ1v) is 11.8. The number of anilines is 1. The van der Waals surface area contributed by atoms with Gasteiger partial charge in [0.1, 0.15) is 0 Å². The number of halogens is 1. The topological polar surface area (TPSA) is 112 Å². The van der Waals surface area contributed by atoms with Gasteiger partial charge in [0.2, 0.25) is 5.13 Å². The van der Waals surface area contributed by atoms with Crippen LogP contribution in [0.2, 0.25) is 0 Å². The summed E-state index contributed by atoms with van der Waals surface area (Å²) in [6.07, 6.45) is 4.80. The Labute approximate surface area is 186 Å². The number of carbonyl (C=O) groups is 1. The van der Waals surface area contributed by atoms with E-state index in [1.807, 2.05) is 19.1 Å². The molecule has 0 atom stereocenters. The van der Waals surface area contributed by atoms with Gasteiger partial charge in [-0.3, -0.25) is 4.79 Å². The van der Waals surface area contributed by atoms with Crippen molar-refractivity contribution in [2.45, 2.75) is 37.4 Å². The molecular weight excluding hydrogens is 478 g/mol. The van der Waals surface area contributed by atoms with E-state index in [0.717, 1.165) is 29.3 Å². The smallest absolute Gasteiger partial charge is 0.250 e. The Morgan fingerprint density at radius 1 is 1.34 bits per heavy atom. The number of thioether (sulfide) groups is 1. The zero-order valence-electron chi connectivity index (χ0n) is 16.3. The van der Waals surface area contributed by atoms with Crippen LogP contribution in [0, 0.1) is 0 Å². The lowest BCUT2D eigenvalue weighted by Crippen LogP contribution is -2.19. The van der Waals surface area contributed by atoms with Gasteiger partial charge in [-0.05, 0) is 47.0 Å². The number of nitrogen functional groups attached to an aromatic ring is 1. The summed E-state index contributed by atoms with van der Waals surface area (Å²) < 4.78 is 13.0. The number of rotatable bonds is 12. The number of hydrazone groups is 1. The number of nitrogens with zero attached hydrogens (tertiary/aromatic N) is 3. The number of benzene rings is 1. The highest BCUT2D eigenvalue weighted by Crippen LogP contribution is 2.36. The summed E-state index contributed by atoms with van der Waals surface area (Å²) >= 11 is 6.02. The van der Waals surface area contributed by atoms with Crippen molar-refractivity contribution < 1.29 is 14.3 Å². The molecule has 2 rings (SSSR count). The van der Waals surface area contributed by atoms with E-state index in [4.69, 9.17) is 15.2 Å². The molecule has 2 aromatic rings. The van der Waals surface area contributed by atoms with Gasteiger partial charge < -0.3 is 15.2 Å². The van der Waals surface area contributed by atoms with Crippen molar-refractivity contribution in [1.29, 1.82) is 0 Å². The number of ether oxygens (including phenoxy) is 2. The van der Waals surface area contributed by atoms with Gasteiger partial charge in [-0.2, -0.15) is 5.10 Å². The highest BCUT2D eigenvalue weighted by molar-refractivity contribution is 9.10. The summed E-state index contributed by atoms with van der Waals surface area (Å²) in [5.74, 6) is 1.23. The molecule has 158 valence electrons. The van der Waals surface area contributed by atoms with Crippen LogP contribution in [0.25, 0.3) is 0 Å². The third-order valence-corrected chi connectivity index (χ3v) is 5.95. The first-order valence-electron chi connectivity index (χ1n) is 9.16. The van der Waals surface area contributed by atoms with E-state index < -0.39 is 0 Å². The Hall–Kier alpha value is -1.85. The third kappa shape index (κ3) is 8.19. The number of hydrogen-bond acceptors (Lipinski definition) is 9. The average molecular weight is 502 g/mol. The number of carbonyl (C=O) groups excluding carboxylic acids is 1. The fourth-order valence-electron chi connectivity index (χ4n) is 2.21. The van der Waals surface area contributed by atoms with E-state index in [1.54, 1.807) is 6.21 Å². The molecule has 0 fully saturated rings. The van der Waals surface area contributed by atoms with Gasteiger partial charge in [0.05, 0.1) is 29.7 Å². The van der Waals surface area contributed by atoms with Crippen LogP contribution in [0.3, 0.4) is 0 Å². The van der Waals surface area contributed by atoms with E-state index in [0.29, 0.717) is 34.2 Å². The summed E-state index contributed by atoms with van der Waals surface area (Å²) in [6, 6.07) is 3.70. The standard InChI is InChI=1S/C18H24BrN5O3S2/c1-3-5-6-7-27-16-13(19)8-12(9-14(16)26-4-2)10-21-22-15(25)11-28-18-24-23-17(20)29-18/h8-10H,3-7,11H2,1-2H3,(H2,20,23)(H,22,25). The molecule has 0 unspecified atom stereocenters. The van der Waals surface area contributed by atoms with Gasteiger partial charge in [0.25, 0.3) is 5.91 Å². The molecule has 0 aliphatic carbocycles. The zero-order chi connectivity index (χ0) is 21.1. The van der Waals surface area contributed by atoms with Crippen LogP contribution in [0.5, 0.6) is 11.5 Å². The van der Waals surface area contributed by atoms with Crippen LogP contribution in [0.1, 0.15) is 38.7 Å². The lowest BCUT2D eigenvalue weighted by molar-refractivity contribution is -0.118. The molecule has 1 aromatic heterocycles. The molecule has 0 saturated heterocycles. The molecule has 1 aromatic carbocycles. The summed E-state index contributed by atoms with van der Waals surface area (Å²) in [7, 11) is 0. The van der Waals surface area contributed by atoms with E-state index in [-0.39, 0.29) is 11.7 Å². The van der Waals surface area contributed by atoms with E-state index >= 15 is 0 Å². The van der Waals surface area contributed by atoms with E-state index in [9.17, 15) is 4.79 Å². The fraction of sp³-hybridized carbons (Fsp3) is 0.444. The molecule has 0 saturated carbocycles. The monoisotopic (exact) mass is 501 g/mol. The first-order chi connectivity index (χ1) is 14.0. The second-order valence-corrected chi connectivity index (χ2v) is 8.89. The maximum atomic E-state index is 11.9. The minimum atomic E-state index is -0.250. The first kappa shape index (κ1) is 23.4. The van der Waals surface area contributed by atoms with Gasteiger partial charge in [0, 0.05) is 0 Å². The van der Waals surface area contributed by atoms with Crippen LogP contribution < -0.4 is 20.6 Å². The fourth-order valence-corrected chi connectivity index (χ4v) is 4.21. The molecule has 0 radical (unpaired) electrons. The molecule has 3 N–H and O–H groups in total. The van der Waals surface area contributed by atoms with Crippen molar-refractivity contribution in [2.24, 2.45) is 5.10 Å². The van der Waals surface area contributed by atoms with Crippen molar-refractivity contribution in [3.8, 4) is 11.5 Å². The molecule has 0 spiro atoms. The summed E-state index contributed by atoms with van der Waals surface area (Å²) in [6.45, 7) is 5.22. The molecule has 0 aliphatic rings. The van der Waals surface area contributed by atoms with Gasteiger partial charge in [-0.25, -0.2) is 5.43 Å². The van der Waals surface area contributed by atoms with Gasteiger partial charge in [-0.15, -0.1) is 10.2 Å². The zero-order valence-corrected chi connectivity index (χ0v) is 19.5. The lowest BCUT2D eigenvalue weighted by atomic mass is 10.2. The quantitative estimate of drug-likeness (QED) is 0.195. The highest BCUT2D eigenvalue weighted by Gasteiger charge is 2.12. The van der Waals surface area contributed by atoms with Crippen LogP contribution in [-0.4, -0.2) is 41.3 Å². The minimum absolute atomic E-state index is 0.171. The van der Waals surface area contributed by atoms with Crippen LogP contribution in [-0.2, 0) is 4.79 Å². The van der Waals surface area contributed by atoms with E-state index in [1.165, 1.54) is 23.1 Å². The SMILES string of the molecule is CCCCCOc1c(Br)cc(C=NNC(=O)CSc2nnc(N)s2)cc1OCC. The van der Waals surface area contributed by atoms with Crippen molar-refractivity contribution >= 4 is 56.3 Å². The normalized spacial score (nSPS) is 11.0. The molecular formula is C18H24BrN5O3S2. The molecule has 0 aliphatic heterocycles. The summed E-state index contributed by atoms with van der Waals surface area (Å²) in [5.41, 5.74) is 8.77. The van der Waals surface area contributed by atoms with Crippen molar-refractivity contribution in [2.75, 3.05) is 24.7 Å². The average Bonchev–Trinajstić information content (AvgIpc) is 3.11. The largest absolute Gasteiger partial charge is 0.490 e. The Kier molecular flexibility index (Phi) is 10.2. The predicted molar refractivity (Wildman–Crippen MR) is 121 cm³/mol. The number of amides is 1. The summed E-state index contributed by atoms with van der Waals surface area (Å²) in [5, 5.41) is 11.9. The summed E-state index contributed by atoms with van der Waals surface area (Å²) in [4.78, 5) is 11.9. The molecule has 8 nitrogen and oxygen atoms in total. The lowest BCUT2D eigenvalue weighted by Gasteiger charge is -2.14. The van der Waals surface area contributed by atoms with Gasteiger partial charge in [0.15, 0.2) is 15.8 Å². The number of unbranched alkanes of at least 4 members (excludes halogenated alkanes) is 2. The number of nitrogens with two attached hydrogens (primary N) is 1. The van der Waals surface area contributed by atoms with Crippen molar-refractivity contribution in [3.63, 3.8) is 0 Å². The van der Waals surface area contributed by atoms with Gasteiger partial charge >= 0.3 is 0 Å². The predicted octanol–water partition coefficient (Wildman–Crippen LogP) is 4.09. The number of hydrogen-bond donors (Lipinski definition) is 2. The minimum Gasteiger partial charge on any atom is -0.490 e. The Morgan fingerprint density at radius 3 is 2.86 bits per heavy atom. The Bertz CT molecular complexity index is 832. The van der Waals surface area contributed by atoms with Crippen LogP contribution in [0.15, 0.2) is 26.0 Å². The third-order valence-electron chi connectivity index (χ3n) is 3.48. The highest BCUT2D eigenvalue weighted by atomic mass is 79.9. The molecule has 1 amide bonds. The van der Waals surface area contributed by atoms with Crippen LogP contribution in [0.4, 0.5) is 5.13 Å². The second kappa shape index (κ2) is 12.7. The second-order valence-electron chi connectivity index (χ2n) is 5.81. The number of aromatic nitrogens is 2. The van der Waals surface area contributed by atoms with Gasteiger partial charge in [-0.1, -0.05) is 42.9 Å². The van der Waals surface area contributed by atoms with Crippen molar-refractivity contribution in [3.05, 3.63) is 22.2 Å². The van der Waals surface area contributed by atoms with Crippen molar-refractivity contribution in [1.82, 2.24) is 15.6 Å². The van der Waals surface area contributed by atoms with E-state index in [2.05, 4.69) is 43.6 Å². The molecule has 11 heteroatoms. The Morgan fingerprint density at radius 2 is 2.17 bits per heavy atom. The molecule has 0 bridgehead atoms. The maximum absolute atomic E-state index is 11.9. The Balaban J connectivity index is 1.93.